The Morgan fingerprint density at radius 1 is 1.28 bits per heavy atom. The number of aromatic nitrogens is 1. The predicted molar refractivity (Wildman–Crippen MR) is 73.8 cm³/mol. The number of benzene rings is 1. The van der Waals surface area contributed by atoms with Crippen LogP contribution in [0.25, 0.3) is 10.9 Å². The number of anilines is 1. The van der Waals surface area contributed by atoms with Gasteiger partial charge >= 0.3 is 0 Å². The van der Waals surface area contributed by atoms with E-state index in [0.29, 0.717) is 12.0 Å². The zero-order valence-corrected chi connectivity index (χ0v) is 10.6. The summed E-state index contributed by atoms with van der Waals surface area (Å²) in [6, 6.07) is 12.8. The molecule has 1 aromatic carbocycles. The lowest BCUT2D eigenvalue weighted by Crippen LogP contribution is -2.26. The summed E-state index contributed by atoms with van der Waals surface area (Å²) >= 11 is 0. The van der Waals surface area contributed by atoms with E-state index in [0.717, 1.165) is 31.0 Å². The van der Waals surface area contributed by atoms with Gasteiger partial charge in [0.25, 0.3) is 0 Å². The second kappa shape index (κ2) is 4.94. The largest absolute Gasteiger partial charge is 0.381 e. The maximum Gasteiger partial charge on any atom is 0.126 e. The molecule has 1 fully saturated rings. The maximum absolute atomic E-state index is 5.43. The average Bonchev–Trinajstić information content (AvgIpc) is 2.92. The number of rotatable bonds is 3. The van der Waals surface area contributed by atoms with Crippen molar-refractivity contribution in [3.8, 4) is 0 Å². The van der Waals surface area contributed by atoms with Crippen molar-refractivity contribution in [3.63, 3.8) is 0 Å². The topological polar surface area (TPSA) is 34.2 Å². The molecule has 1 aliphatic heterocycles. The first-order valence-electron chi connectivity index (χ1n) is 6.53. The molecule has 3 nitrogen and oxygen atoms in total. The van der Waals surface area contributed by atoms with Crippen molar-refractivity contribution in [1.29, 1.82) is 0 Å². The summed E-state index contributed by atoms with van der Waals surface area (Å²) in [4.78, 5) is 4.63. The molecule has 0 aliphatic carbocycles. The monoisotopic (exact) mass is 242 g/mol. The lowest BCUT2D eigenvalue weighted by atomic mass is 10.0. The van der Waals surface area contributed by atoms with Gasteiger partial charge in [0.1, 0.15) is 5.82 Å². The molecule has 1 saturated heterocycles. The number of pyridine rings is 1. The van der Waals surface area contributed by atoms with Gasteiger partial charge in [-0.05, 0) is 31.5 Å². The molecular formula is C15H18N2O. The third kappa shape index (κ3) is 2.31. The van der Waals surface area contributed by atoms with Crippen LogP contribution in [-0.2, 0) is 4.74 Å². The Balaban J connectivity index is 1.77. The molecule has 18 heavy (non-hydrogen) atoms. The highest BCUT2D eigenvalue weighted by atomic mass is 16.5. The van der Waals surface area contributed by atoms with Crippen molar-refractivity contribution in [2.24, 2.45) is 5.92 Å². The van der Waals surface area contributed by atoms with Crippen molar-refractivity contribution in [1.82, 2.24) is 4.98 Å². The van der Waals surface area contributed by atoms with Crippen molar-refractivity contribution >= 4 is 16.7 Å². The van der Waals surface area contributed by atoms with Gasteiger partial charge in [0, 0.05) is 24.0 Å². The zero-order valence-electron chi connectivity index (χ0n) is 10.6. The molecule has 0 bridgehead atoms. The van der Waals surface area contributed by atoms with Gasteiger partial charge in [-0.3, -0.25) is 0 Å². The Bertz CT molecular complexity index is 535. The Kier molecular flexibility index (Phi) is 3.15. The van der Waals surface area contributed by atoms with E-state index >= 15 is 0 Å². The second-order valence-electron chi connectivity index (χ2n) is 4.95. The van der Waals surface area contributed by atoms with E-state index in [-0.39, 0.29) is 0 Å². The molecule has 0 spiro atoms. The Morgan fingerprint density at radius 3 is 3.00 bits per heavy atom. The smallest absolute Gasteiger partial charge is 0.126 e. The van der Waals surface area contributed by atoms with Gasteiger partial charge in [-0.25, -0.2) is 4.98 Å². The number of ether oxygens (including phenoxy) is 1. The predicted octanol–water partition coefficient (Wildman–Crippen LogP) is 3.07. The molecule has 3 heteroatoms. The first kappa shape index (κ1) is 11.5. The minimum atomic E-state index is 0.404. The van der Waals surface area contributed by atoms with Gasteiger partial charge in [-0.1, -0.05) is 18.2 Å². The fraction of sp³-hybridized carbons (Fsp3) is 0.400. The highest BCUT2D eigenvalue weighted by Crippen LogP contribution is 2.21. The fourth-order valence-corrected chi connectivity index (χ4v) is 2.44. The van der Waals surface area contributed by atoms with E-state index in [9.17, 15) is 0 Å². The summed E-state index contributed by atoms with van der Waals surface area (Å²) < 4.78 is 5.43. The van der Waals surface area contributed by atoms with E-state index in [1.54, 1.807) is 0 Å². The standard InChI is InChI=1S/C15H18N2O/c1-11(13-8-9-18-10-13)16-15-7-6-12-4-2-3-5-14(12)17-15/h2-7,11,13H,8-10H2,1H3,(H,16,17). The molecule has 0 radical (unpaired) electrons. The number of hydrogen-bond acceptors (Lipinski definition) is 3. The lowest BCUT2D eigenvalue weighted by molar-refractivity contribution is 0.183. The van der Waals surface area contributed by atoms with Crippen LogP contribution in [-0.4, -0.2) is 24.2 Å². The number of para-hydroxylation sites is 1. The van der Waals surface area contributed by atoms with Gasteiger partial charge in [-0.15, -0.1) is 0 Å². The maximum atomic E-state index is 5.43. The van der Waals surface area contributed by atoms with Gasteiger partial charge in [-0.2, -0.15) is 0 Å². The molecule has 2 atom stereocenters. The molecule has 3 rings (SSSR count). The van der Waals surface area contributed by atoms with Gasteiger partial charge in [0.15, 0.2) is 0 Å². The van der Waals surface area contributed by atoms with Crippen LogP contribution in [0.15, 0.2) is 36.4 Å². The van der Waals surface area contributed by atoms with Crippen LogP contribution in [0.4, 0.5) is 5.82 Å². The molecule has 2 aromatic rings. The Morgan fingerprint density at radius 2 is 2.17 bits per heavy atom. The summed E-state index contributed by atoms with van der Waals surface area (Å²) in [7, 11) is 0. The van der Waals surface area contributed by atoms with Crippen molar-refractivity contribution in [3.05, 3.63) is 36.4 Å². The molecule has 2 heterocycles. The van der Waals surface area contributed by atoms with Crippen LogP contribution in [0.3, 0.4) is 0 Å². The van der Waals surface area contributed by atoms with E-state index < -0.39 is 0 Å². The van der Waals surface area contributed by atoms with Crippen LogP contribution < -0.4 is 5.32 Å². The molecule has 94 valence electrons. The first-order valence-corrected chi connectivity index (χ1v) is 6.53. The SMILES string of the molecule is CC(Nc1ccc2ccccc2n1)C1CCOC1. The summed E-state index contributed by atoms with van der Waals surface area (Å²) in [5.74, 6) is 1.55. The average molecular weight is 242 g/mol. The summed E-state index contributed by atoms with van der Waals surface area (Å²) in [6.07, 6.45) is 1.14. The quantitative estimate of drug-likeness (QED) is 0.898. The van der Waals surface area contributed by atoms with Gasteiger partial charge in [0.2, 0.25) is 0 Å². The number of nitrogens with zero attached hydrogens (tertiary/aromatic N) is 1. The minimum absolute atomic E-state index is 0.404. The molecule has 0 amide bonds. The zero-order chi connectivity index (χ0) is 12.4. The molecule has 1 aliphatic rings. The fourth-order valence-electron chi connectivity index (χ4n) is 2.44. The molecule has 1 N–H and O–H groups in total. The lowest BCUT2D eigenvalue weighted by Gasteiger charge is -2.19. The van der Waals surface area contributed by atoms with Crippen molar-refractivity contribution in [2.75, 3.05) is 18.5 Å². The number of nitrogens with one attached hydrogen (secondary N) is 1. The highest BCUT2D eigenvalue weighted by Gasteiger charge is 2.22. The second-order valence-corrected chi connectivity index (χ2v) is 4.95. The third-order valence-electron chi connectivity index (χ3n) is 3.65. The van der Waals surface area contributed by atoms with E-state index in [1.165, 1.54) is 5.39 Å². The highest BCUT2D eigenvalue weighted by molar-refractivity contribution is 5.80. The van der Waals surface area contributed by atoms with Crippen molar-refractivity contribution < 1.29 is 4.74 Å². The molecule has 1 aromatic heterocycles. The van der Waals surface area contributed by atoms with Crippen LogP contribution in [0, 0.1) is 5.92 Å². The summed E-state index contributed by atoms with van der Waals surface area (Å²) in [5, 5.41) is 4.67. The minimum Gasteiger partial charge on any atom is -0.381 e. The summed E-state index contributed by atoms with van der Waals surface area (Å²) in [6.45, 7) is 3.96. The Hall–Kier alpha value is -1.61. The van der Waals surface area contributed by atoms with E-state index in [4.69, 9.17) is 4.74 Å². The van der Waals surface area contributed by atoms with Crippen LogP contribution in [0.1, 0.15) is 13.3 Å². The van der Waals surface area contributed by atoms with Gasteiger partial charge < -0.3 is 10.1 Å². The first-order chi connectivity index (χ1) is 8.83. The number of fused-ring (bicyclic) bond motifs is 1. The Labute approximate surface area is 107 Å². The van der Waals surface area contributed by atoms with Gasteiger partial charge in [0.05, 0.1) is 12.1 Å². The molecule has 2 unspecified atom stereocenters. The van der Waals surface area contributed by atoms with E-state index in [1.807, 2.05) is 18.2 Å². The van der Waals surface area contributed by atoms with Crippen LogP contribution >= 0.6 is 0 Å². The normalized spacial score (nSPS) is 21.1. The molecular weight excluding hydrogens is 224 g/mol. The van der Waals surface area contributed by atoms with Crippen LogP contribution in [0.5, 0.6) is 0 Å². The molecule has 0 saturated carbocycles. The van der Waals surface area contributed by atoms with Crippen LogP contribution in [0.2, 0.25) is 0 Å². The number of hydrogen-bond donors (Lipinski definition) is 1. The summed E-state index contributed by atoms with van der Waals surface area (Å²) in [5.41, 5.74) is 1.04. The third-order valence-corrected chi connectivity index (χ3v) is 3.65. The van der Waals surface area contributed by atoms with Crippen molar-refractivity contribution in [2.45, 2.75) is 19.4 Å². The van der Waals surface area contributed by atoms with E-state index in [2.05, 4.69) is 35.4 Å².